The Balaban J connectivity index is 1.34. The number of carbonyl (C=O) groups excluding carboxylic acids is 2. The molecule has 0 unspecified atom stereocenters. The van der Waals surface area contributed by atoms with Gasteiger partial charge < -0.3 is 19.7 Å². The van der Waals surface area contributed by atoms with Crippen LogP contribution < -0.4 is 10.1 Å². The van der Waals surface area contributed by atoms with Gasteiger partial charge in [-0.1, -0.05) is 0 Å². The van der Waals surface area contributed by atoms with E-state index < -0.39 is 24.1 Å². The van der Waals surface area contributed by atoms with Gasteiger partial charge in [0.25, 0.3) is 11.8 Å². The number of halogens is 3. The summed E-state index contributed by atoms with van der Waals surface area (Å²) in [7, 11) is 0. The summed E-state index contributed by atoms with van der Waals surface area (Å²) in [6.07, 6.45) is -1.71. The van der Waals surface area contributed by atoms with Crippen molar-refractivity contribution in [3.8, 4) is 11.6 Å². The molecule has 2 aromatic heterocycles. The Labute approximate surface area is 228 Å². The predicted molar refractivity (Wildman–Crippen MR) is 136 cm³/mol. The second-order valence-electron chi connectivity index (χ2n) is 10.1. The number of alkyl halides is 3. The number of aromatic nitrogens is 4. The van der Waals surface area contributed by atoms with Gasteiger partial charge in [-0.05, 0) is 75.4 Å². The van der Waals surface area contributed by atoms with E-state index in [4.69, 9.17) is 4.74 Å². The summed E-state index contributed by atoms with van der Waals surface area (Å²) in [4.78, 5) is 36.6. The van der Waals surface area contributed by atoms with Gasteiger partial charge >= 0.3 is 6.36 Å². The third-order valence-corrected chi connectivity index (χ3v) is 6.79. The van der Waals surface area contributed by atoms with Crippen molar-refractivity contribution in [1.82, 2.24) is 30.0 Å². The Morgan fingerprint density at radius 3 is 2.60 bits per heavy atom. The molecule has 2 amide bonds. The van der Waals surface area contributed by atoms with Crippen molar-refractivity contribution in [2.45, 2.75) is 58.0 Å². The van der Waals surface area contributed by atoms with E-state index in [0.717, 1.165) is 18.9 Å². The summed E-state index contributed by atoms with van der Waals surface area (Å²) in [6, 6.07) is 6.56. The molecule has 2 fully saturated rings. The molecule has 1 saturated carbocycles. The zero-order chi connectivity index (χ0) is 28.6. The number of ether oxygens (including phenoxy) is 2. The summed E-state index contributed by atoms with van der Waals surface area (Å²) in [5, 5.41) is 7.18. The summed E-state index contributed by atoms with van der Waals surface area (Å²) < 4.78 is 49.6. The maximum atomic E-state index is 13.1. The number of nitrogens with one attached hydrogen (secondary N) is 1. The van der Waals surface area contributed by atoms with Crippen LogP contribution in [0.5, 0.6) is 5.75 Å². The van der Waals surface area contributed by atoms with Crippen molar-refractivity contribution in [2.75, 3.05) is 19.8 Å². The van der Waals surface area contributed by atoms with Crippen molar-refractivity contribution < 1.29 is 32.2 Å². The molecule has 5 rings (SSSR count). The van der Waals surface area contributed by atoms with Gasteiger partial charge in [-0.25, -0.2) is 9.97 Å². The van der Waals surface area contributed by atoms with Crippen LogP contribution in [0.15, 0.2) is 36.5 Å². The molecule has 1 aromatic carbocycles. The number of hydrogen-bond acceptors (Lipinski definition) is 7. The molecule has 3 aromatic rings. The number of hydrogen-bond donors (Lipinski definition) is 1. The van der Waals surface area contributed by atoms with Crippen molar-refractivity contribution in [1.29, 1.82) is 0 Å². The van der Waals surface area contributed by atoms with Crippen LogP contribution in [0, 0.1) is 6.92 Å². The van der Waals surface area contributed by atoms with Gasteiger partial charge in [0, 0.05) is 18.3 Å². The number of rotatable bonds is 7. The topological polar surface area (TPSA) is 111 Å². The summed E-state index contributed by atoms with van der Waals surface area (Å²) in [5.74, 6) is 0.134. The van der Waals surface area contributed by atoms with E-state index >= 15 is 0 Å². The molecule has 1 aliphatic carbocycles. The second kappa shape index (κ2) is 10.9. The van der Waals surface area contributed by atoms with E-state index in [-0.39, 0.29) is 23.4 Å². The number of pyridine rings is 1. The Bertz CT molecular complexity index is 1400. The van der Waals surface area contributed by atoms with E-state index in [0.29, 0.717) is 48.4 Å². The highest BCUT2D eigenvalue weighted by atomic mass is 19.4. The molecule has 0 radical (unpaired) electrons. The van der Waals surface area contributed by atoms with Gasteiger partial charge in [-0.15, -0.1) is 18.3 Å². The minimum atomic E-state index is -4.87. The molecule has 2 aliphatic rings. The molecule has 212 valence electrons. The normalized spacial score (nSPS) is 18.4. The van der Waals surface area contributed by atoms with Crippen molar-refractivity contribution in [3.63, 3.8) is 0 Å². The van der Waals surface area contributed by atoms with Crippen molar-refractivity contribution in [2.24, 2.45) is 0 Å². The first-order valence-corrected chi connectivity index (χ1v) is 13.0. The summed E-state index contributed by atoms with van der Waals surface area (Å²) >= 11 is 0. The lowest BCUT2D eigenvalue weighted by Crippen LogP contribution is -2.47. The zero-order valence-electron chi connectivity index (χ0n) is 22.2. The number of amides is 2. The summed E-state index contributed by atoms with van der Waals surface area (Å²) in [5.41, 5.74) is 1.10. The lowest BCUT2D eigenvalue weighted by Gasteiger charge is -2.33. The van der Waals surface area contributed by atoms with E-state index in [1.165, 1.54) is 16.9 Å². The molecular weight excluding hydrogens is 529 g/mol. The number of morpholine rings is 1. The molecule has 1 aliphatic heterocycles. The minimum Gasteiger partial charge on any atom is -0.406 e. The highest BCUT2D eigenvalue weighted by molar-refractivity contribution is 5.95. The average molecular weight is 559 g/mol. The average Bonchev–Trinajstić information content (AvgIpc) is 3.68. The Morgan fingerprint density at radius 1 is 1.18 bits per heavy atom. The quantitative estimate of drug-likeness (QED) is 0.465. The molecule has 0 bridgehead atoms. The largest absolute Gasteiger partial charge is 0.573 e. The zero-order valence-corrected chi connectivity index (χ0v) is 22.2. The van der Waals surface area contributed by atoms with Crippen LogP contribution in [0.2, 0.25) is 0 Å². The van der Waals surface area contributed by atoms with E-state index in [1.54, 1.807) is 36.9 Å². The van der Waals surface area contributed by atoms with Crippen molar-refractivity contribution >= 4 is 11.8 Å². The molecule has 2 atom stereocenters. The SMILES string of the molecule is Cc1nc([C@H](C)NC(=O)c2cc(OC(F)(F)F)cc(C3CC3)c2)n(-c2ccc(C(=O)N3CCOC[C@@H]3C)cn2)n1. The first kappa shape index (κ1) is 27.6. The minimum absolute atomic E-state index is 0.0453. The third kappa shape index (κ3) is 6.24. The number of aryl methyl sites for hydroxylation is 1. The molecule has 40 heavy (non-hydrogen) atoms. The maximum absolute atomic E-state index is 13.1. The highest BCUT2D eigenvalue weighted by Crippen LogP contribution is 2.42. The Kier molecular flexibility index (Phi) is 7.49. The van der Waals surface area contributed by atoms with Gasteiger partial charge in [0.1, 0.15) is 11.6 Å². The molecule has 1 N–H and O–H groups in total. The van der Waals surface area contributed by atoms with Crippen LogP contribution in [0.4, 0.5) is 13.2 Å². The fourth-order valence-corrected chi connectivity index (χ4v) is 4.66. The monoisotopic (exact) mass is 558 g/mol. The molecule has 1 saturated heterocycles. The van der Waals surface area contributed by atoms with Gasteiger partial charge in [0.05, 0.1) is 30.9 Å². The first-order chi connectivity index (χ1) is 19.0. The molecular formula is C27H29F3N6O4. The second-order valence-corrected chi connectivity index (χ2v) is 10.1. The highest BCUT2D eigenvalue weighted by Gasteiger charge is 2.33. The lowest BCUT2D eigenvalue weighted by atomic mass is 10.1. The van der Waals surface area contributed by atoms with Crippen LogP contribution in [-0.4, -0.2) is 68.6 Å². The Morgan fingerprint density at radius 2 is 1.95 bits per heavy atom. The fourth-order valence-electron chi connectivity index (χ4n) is 4.66. The van der Waals surface area contributed by atoms with Crippen LogP contribution >= 0.6 is 0 Å². The van der Waals surface area contributed by atoms with Gasteiger partial charge in [0.15, 0.2) is 11.6 Å². The van der Waals surface area contributed by atoms with Crippen LogP contribution in [0.25, 0.3) is 5.82 Å². The smallest absolute Gasteiger partial charge is 0.406 e. The molecule has 0 spiro atoms. The van der Waals surface area contributed by atoms with Crippen LogP contribution in [-0.2, 0) is 4.74 Å². The van der Waals surface area contributed by atoms with Crippen LogP contribution in [0.3, 0.4) is 0 Å². The lowest BCUT2D eigenvalue weighted by molar-refractivity contribution is -0.274. The van der Waals surface area contributed by atoms with E-state index in [1.807, 2.05) is 6.92 Å². The van der Waals surface area contributed by atoms with E-state index in [9.17, 15) is 22.8 Å². The van der Waals surface area contributed by atoms with E-state index in [2.05, 4.69) is 25.1 Å². The standard InChI is InChI=1S/C27H29F3N6O4/c1-15-14-39-9-8-35(15)26(38)19-6-7-23(31-13-19)36-24(33-17(3)34-36)16(2)32-25(37)21-10-20(18-4-5-18)11-22(12-21)40-27(28,29)30/h6-7,10-13,15-16,18H,4-5,8-9,14H2,1-3H3,(H,32,37)/t15-,16-/m0/s1. The van der Waals surface area contributed by atoms with Crippen LogP contribution in [0.1, 0.15) is 76.6 Å². The molecule has 13 heteroatoms. The molecule has 10 nitrogen and oxygen atoms in total. The van der Waals surface area contributed by atoms with Gasteiger partial charge in [-0.3, -0.25) is 9.59 Å². The van der Waals surface area contributed by atoms with Gasteiger partial charge in [0.2, 0.25) is 0 Å². The third-order valence-electron chi connectivity index (χ3n) is 6.79. The van der Waals surface area contributed by atoms with Crippen molar-refractivity contribution in [3.05, 3.63) is 64.9 Å². The summed E-state index contributed by atoms with van der Waals surface area (Å²) in [6.45, 7) is 6.75. The first-order valence-electron chi connectivity index (χ1n) is 13.0. The maximum Gasteiger partial charge on any atom is 0.573 e. The Hall–Kier alpha value is -4.00. The number of benzene rings is 1. The fraction of sp³-hybridized carbons (Fsp3) is 0.444. The number of nitrogens with zero attached hydrogens (tertiary/aromatic N) is 5. The molecule has 3 heterocycles. The number of carbonyl (C=O) groups is 2. The van der Waals surface area contributed by atoms with Gasteiger partial charge in [-0.2, -0.15) is 4.68 Å². The predicted octanol–water partition coefficient (Wildman–Crippen LogP) is 4.10.